The normalized spacial score (nSPS) is 13.5. The molecule has 1 saturated heterocycles. The number of carbonyl (C=O) groups is 1. The predicted octanol–water partition coefficient (Wildman–Crippen LogP) is 6.93. The van der Waals surface area contributed by atoms with Gasteiger partial charge in [-0.1, -0.05) is 37.2 Å². The minimum atomic E-state index is -0.481. The van der Waals surface area contributed by atoms with E-state index in [1.54, 1.807) is 41.4 Å². The lowest BCUT2D eigenvalue weighted by molar-refractivity contribution is 0.107. The minimum Gasteiger partial charge on any atom is -0.508 e. The van der Waals surface area contributed by atoms with Crippen LogP contribution < -0.4 is 29.4 Å². The van der Waals surface area contributed by atoms with Crippen LogP contribution in [0.2, 0.25) is 0 Å². The van der Waals surface area contributed by atoms with Gasteiger partial charge in [0.2, 0.25) is 5.75 Å². The number of rotatable bonds is 12. The molecular weight excluding hydrogens is 706 g/mol. The van der Waals surface area contributed by atoms with Crippen molar-refractivity contribution in [1.29, 1.82) is 0 Å². The molecule has 288 valence electrons. The van der Waals surface area contributed by atoms with E-state index < -0.39 is 6.09 Å². The standard InChI is InChI=1S/C41H45N5O9/c1-24(2)29-20-30(33(48)21-32(29)47)40(42)44-28-10-7-25(8-11-28)23-45-13-15-46(16-14-45)41(49)54-35-17-26(9-12-34(35)50-3)31-22-43-55-38(31)27-18-36(51-4)39(53-6)37(19-27)52-5/h7-12,17-22,24,47-48H,13-16,23H2,1-6H3,(H2,42,44). The Kier molecular flexibility index (Phi) is 11.7. The van der Waals surface area contributed by atoms with E-state index >= 15 is 0 Å². The third-order valence-electron chi connectivity index (χ3n) is 9.43. The van der Waals surface area contributed by atoms with Gasteiger partial charge in [0.15, 0.2) is 28.8 Å². The van der Waals surface area contributed by atoms with Crippen LogP contribution in [0.25, 0.3) is 22.5 Å². The molecule has 2 heterocycles. The number of ether oxygens (including phenoxy) is 5. The molecule has 1 amide bonds. The number of aliphatic imine (C=N–C) groups is 1. The highest BCUT2D eigenvalue weighted by molar-refractivity contribution is 6.01. The second kappa shape index (κ2) is 16.7. The summed E-state index contributed by atoms with van der Waals surface area (Å²) >= 11 is 0. The second-order valence-electron chi connectivity index (χ2n) is 13.2. The van der Waals surface area contributed by atoms with Gasteiger partial charge in [0, 0.05) is 49.9 Å². The highest BCUT2D eigenvalue weighted by atomic mass is 16.6. The van der Waals surface area contributed by atoms with E-state index in [1.807, 2.05) is 44.2 Å². The number of methoxy groups -OCH3 is 4. The molecule has 0 saturated carbocycles. The number of nitrogens with two attached hydrogens (primary N) is 1. The number of benzene rings is 4. The molecule has 0 radical (unpaired) electrons. The first-order valence-corrected chi connectivity index (χ1v) is 17.6. The number of carbonyl (C=O) groups excluding carboxylic acids is 1. The van der Waals surface area contributed by atoms with Crippen LogP contribution in [0.4, 0.5) is 10.5 Å². The Morgan fingerprint density at radius 1 is 0.818 bits per heavy atom. The monoisotopic (exact) mass is 751 g/mol. The van der Waals surface area contributed by atoms with Gasteiger partial charge >= 0.3 is 6.09 Å². The van der Waals surface area contributed by atoms with Crippen LogP contribution in [0.15, 0.2) is 82.4 Å². The van der Waals surface area contributed by atoms with Crippen LogP contribution in [-0.4, -0.2) is 91.7 Å². The number of aromatic nitrogens is 1. The third-order valence-corrected chi connectivity index (χ3v) is 9.43. The van der Waals surface area contributed by atoms with Crippen molar-refractivity contribution in [2.24, 2.45) is 10.7 Å². The van der Waals surface area contributed by atoms with Crippen LogP contribution in [0.5, 0.6) is 40.2 Å². The molecule has 0 atom stereocenters. The van der Waals surface area contributed by atoms with Gasteiger partial charge in [-0.2, -0.15) is 0 Å². The average Bonchev–Trinajstić information content (AvgIpc) is 3.68. The van der Waals surface area contributed by atoms with Gasteiger partial charge < -0.3 is 49.1 Å². The number of hydrogen-bond acceptors (Lipinski definition) is 12. The zero-order valence-electron chi connectivity index (χ0n) is 31.7. The maximum absolute atomic E-state index is 13.4. The molecule has 55 heavy (non-hydrogen) atoms. The van der Waals surface area contributed by atoms with E-state index in [1.165, 1.54) is 34.5 Å². The molecule has 4 N–H and O–H groups in total. The first kappa shape index (κ1) is 38.3. The summed E-state index contributed by atoms with van der Waals surface area (Å²) in [6, 6.07) is 19.5. The first-order valence-electron chi connectivity index (χ1n) is 17.6. The molecule has 0 unspecified atom stereocenters. The summed E-state index contributed by atoms with van der Waals surface area (Å²) in [7, 11) is 6.13. The highest BCUT2D eigenvalue weighted by Crippen LogP contribution is 2.44. The second-order valence-corrected chi connectivity index (χ2v) is 13.2. The van der Waals surface area contributed by atoms with Crippen molar-refractivity contribution in [2.75, 3.05) is 54.6 Å². The Labute approximate surface area is 319 Å². The summed E-state index contributed by atoms with van der Waals surface area (Å²) in [5.41, 5.74) is 11.0. The molecule has 1 aliphatic heterocycles. The number of phenolic OH excluding ortho intramolecular Hbond substituents is 2. The fourth-order valence-electron chi connectivity index (χ4n) is 6.43. The number of amides is 1. The molecule has 0 bridgehead atoms. The smallest absolute Gasteiger partial charge is 0.415 e. The van der Waals surface area contributed by atoms with Crippen LogP contribution in [0.1, 0.15) is 36.5 Å². The number of amidine groups is 1. The largest absolute Gasteiger partial charge is 0.508 e. The van der Waals surface area contributed by atoms with Crippen LogP contribution in [0, 0.1) is 0 Å². The minimum absolute atomic E-state index is 0.0185. The van der Waals surface area contributed by atoms with Gasteiger partial charge in [-0.15, -0.1) is 0 Å². The molecule has 14 heteroatoms. The summed E-state index contributed by atoms with van der Waals surface area (Å²) in [5, 5.41) is 24.6. The lowest BCUT2D eigenvalue weighted by atomic mass is 9.98. The Bertz CT molecular complexity index is 2150. The quantitative estimate of drug-likeness (QED) is 0.0887. The Morgan fingerprint density at radius 2 is 1.47 bits per heavy atom. The molecule has 14 nitrogen and oxygen atoms in total. The zero-order chi connectivity index (χ0) is 39.2. The predicted molar refractivity (Wildman–Crippen MR) is 207 cm³/mol. The SMILES string of the molecule is COc1ccc(-c2cnoc2-c2cc(OC)c(OC)c(OC)c2)cc1OC(=O)N1CCN(Cc2ccc(N=C(N)c3cc(C(C)C)c(O)cc3O)cc2)CC1. The van der Waals surface area contributed by atoms with Gasteiger partial charge in [-0.25, -0.2) is 9.79 Å². The summed E-state index contributed by atoms with van der Waals surface area (Å²) in [5.74, 6) is 2.57. The summed E-state index contributed by atoms with van der Waals surface area (Å²) in [4.78, 5) is 21.8. The van der Waals surface area contributed by atoms with E-state index in [0.29, 0.717) is 95.0 Å². The average molecular weight is 752 g/mol. The molecule has 5 aromatic rings. The van der Waals surface area contributed by atoms with Crippen molar-refractivity contribution in [3.05, 3.63) is 89.6 Å². The Hall–Kier alpha value is -6.41. The first-order chi connectivity index (χ1) is 26.5. The highest BCUT2D eigenvalue weighted by Gasteiger charge is 2.25. The molecule has 0 aliphatic carbocycles. The fraction of sp³-hybridized carbons (Fsp3) is 0.293. The number of nitrogens with zero attached hydrogens (tertiary/aromatic N) is 4. The van der Waals surface area contributed by atoms with E-state index in [-0.39, 0.29) is 29.0 Å². The van der Waals surface area contributed by atoms with Crippen LogP contribution in [0.3, 0.4) is 0 Å². The number of phenols is 2. The van der Waals surface area contributed by atoms with Gasteiger partial charge in [-0.3, -0.25) is 4.90 Å². The maximum atomic E-state index is 13.4. The molecule has 1 fully saturated rings. The Morgan fingerprint density at radius 3 is 2.09 bits per heavy atom. The fourth-order valence-corrected chi connectivity index (χ4v) is 6.43. The van der Waals surface area contributed by atoms with E-state index in [2.05, 4.69) is 15.0 Å². The van der Waals surface area contributed by atoms with Crippen molar-refractivity contribution in [3.63, 3.8) is 0 Å². The zero-order valence-corrected chi connectivity index (χ0v) is 31.7. The summed E-state index contributed by atoms with van der Waals surface area (Å²) in [6.45, 7) is 6.83. The third kappa shape index (κ3) is 8.39. The van der Waals surface area contributed by atoms with Crippen molar-refractivity contribution in [1.82, 2.24) is 15.0 Å². The topological polar surface area (TPSA) is 175 Å². The van der Waals surface area contributed by atoms with E-state index in [0.717, 1.165) is 5.56 Å². The van der Waals surface area contributed by atoms with Crippen molar-refractivity contribution < 1.29 is 43.2 Å². The molecular formula is C41H45N5O9. The summed E-state index contributed by atoms with van der Waals surface area (Å²) in [6.07, 6.45) is 1.11. The molecule has 0 spiro atoms. The lowest BCUT2D eigenvalue weighted by Crippen LogP contribution is -2.49. The van der Waals surface area contributed by atoms with Gasteiger partial charge in [-0.05, 0) is 65.1 Å². The van der Waals surface area contributed by atoms with Crippen molar-refractivity contribution >= 4 is 17.6 Å². The lowest BCUT2D eigenvalue weighted by Gasteiger charge is -2.34. The summed E-state index contributed by atoms with van der Waals surface area (Å²) < 4.78 is 33.6. The van der Waals surface area contributed by atoms with Gasteiger partial charge in [0.05, 0.1) is 45.9 Å². The van der Waals surface area contributed by atoms with Crippen LogP contribution >= 0.6 is 0 Å². The van der Waals surface area contributed by atoms with Gasteiger partial charge in [0.25, 0.3) is 0 Å². The van der Waals surface area contributed by atoms with Crippen molar-refractivity contribution in [2.45, 2.75) is 26.3 Å². The van der Waals surface area contributed by atoms with Crippen LogP contribution in [-0.2, 0) is 6.54 Å². The van der Waals surface area contributed by atoms with Crippen molar-refractivity contribution in [3.8, 4) is 62.7 Å². The molecule has 6 rings (SSSR count). The van der Waals surface area contributed by atoms with E-state index in [9.17, 15) is 15.0 Å². The Balaban J connectivity index is 1.09. The molecule has 1 aliphatic rings. The molecule has 1 aromatic heterocycles. The molecule has 4 aromatic carbocycles. The maximum Gasteiger partial charge on any atom is 0.415 e. The number of hydrogen-bond donors (Lipinski definition) is 3. The van der Waals surface area contributed by atoms with E-state index in [4.69, 9.17) is 33.9 Å². The number of piperazine rings is 1. The van der Waals surface area contributed by atoms with Gasteiger partial charge in [0.1, 0.15) is 17.3 Å². The number of aromatic hydroxyl groups is 2.